The third-order valence-electron chi connectivity index (χ3n) is 4.22. The van der Waals surface area contributed by atoms with Crippen LogP contribution in [0.3, 0.4) is 0 Å². The van der Waals surface area contributed by atoms with E-state index < -0.39 is 0 Å². The molecular formula is C15H24N2O. The highest BCUT2D eigenvalue weighted by Gasteiger charge is 2.29. The first kappa shape index (κ1) is 13.3. The molecule has 0 amide bonds. The van der Waals surface area contributed by atoms with E-state index in [-0.39, 0.29) is 5.78 Å². The third-order valence-corrected chi connectivity index (χ3v) is 4.22. The van der Waals surface area contributed by atoms with Crippen LogP contribution in [0.5, 0.6) is 0 Å². The van der Waals surface area contributed by atoms with Crippen molar-refractivity contribution < 1.29 is 4.79 Å². The van der Waals surface area contributed by atoms with E-state index in [0.29, 0.717) is 18.0 Å². The first-order chi connectivity index (χ1) is 8.48. The Morgan fingerprint density at radius 1 is 1.44 bits per heavy atom. The molecule has 0 spiro atoms. The summed E-state index contributed by atoms with van der Waals surface area (Å²) < 4.78 is 0. The number of ketones is 1. The molecular weight excluding hydrogens is 224 g/mol. The molecule has 1 aromatic heterocycles. The molecule has 0 unspecified atom stereocenters. The van der Waals surface area contributed by atoms with Crippen molar-refractivity contribution in [3.05, 3.63) is 24.0 Å². The number of likely N-dealkylation sites (N-methyl/N-ethyl adjacent to an activating group) is 1. The Morgan fingerprint density at radius 2 is 2.11 bits per heavy atom. The maximum atomic E-state index is 12.0. The van der Waals surface area contributed by atoms with Crippen LogP contribution in [-0.2, 0) is 0 Å². The van der Waals surface area contributed by atoms with Crippen LogP contribution < -0.4 is 0 Å². The first-order valence-electron chi connectivity index (χ1n) is 6.85. The van der Waals surface area contributed by atoms with Gasteiger partial charge >= 0.3 is 0 Å². The van der Waals surface area contributed by atoms with Crippen molar-refractivity contribution in [2.24, 2.45) is 5.41 Å². The predicted molar refractivity (Wildman–Crippen MR) is 73.8 cm³/mol. The second-order valence-corrected chi connectivity index (χ2v) is 6.32. The van der Waals surface area contributed by atoms with Gasteiger partial charge in [-0.15, -0.1) is 0 Å². The summed E-state index contributed by atoms with van der Waals surface area (Å²) in [6.45, 7) is 5.20. The summed E-state index contributed by atoms with van der Waals surface area (Å²) in [6, 6.07) is 4.29. The molecule has 1 N–H and O–H groups in total. The second kappa shape index (κ2) is 5.27. The molecule has 1 aromatic rings. The Kier molecular flexibility index (Phi) is 3.91. The van der Waals surface area contributed by atoms with Gasteiger partial charge in [-0.3, -0.25) is 9.69 Å². The number of aromatic nitrogens is 1. The number of nitrogens with one attached hydrogen (secondary N) is 1. The van der Waals surface area contributed by atoms with E-state index in [0.717, 1.165) is 5.69 Å². The molecule has 100 valence electrons. The summed E-state index contributed by atoms with van der Waals surface area (Å²) >= 11 is 0. The molecule has 3 heteroatoms. The van der Waals surface area contributed by atoms with E-state index in [9.17, 15) is 4.79 Å². The van der Waals surface area contributed by atoms with E-state index in [2.05, 4.69) is 30.8 Å². The minimum atomic E-state index is 0.187. The molecule has 0 saturated heterocycles. The van der Waals surface area contributed by atoms with Crippen LogP contribution >= 0.6 is 0 Å². The maximum Gasteiger partial charge on any atom is 0.192 e. The van der Waals surface area contributed by atoms with Gasteiger partial charge in [0.1, 0.15) is 0 Å². The lowest BCUT2D eigenvalue weighted by atomic mass is 9.75. The van der Waals surface area contributed by atoms with Crippen molar-refractivity contribution in [1.82, 2.24) is 9.88 Å². The Labute approximate surface area is 110 Å². The fourth-order valence-electron chi connectivity index (χ4n) is 2.77. The lowest BCUT2D eigenvalue weighted by Crippen LogP contribution is -2.39. The van der Waals surface area contributed by atoms with Gasteiger partial charge < -0.3 is 4.98 Å². The highest BCUT2D eigenvalue weighted by atomic mass is 16.1. The van der Waals surface area contributed by atoms with Gasteiger partial charge in [-0.25, -0.2) is 0 Å². The predicted octanol–water partition coefficient (Wildman–Crippen LogP) is 3.10. The number of H-pyrrole nitrogens is 1. The van der Waals surface area contributed by atoms with Crippen molar-refractivity contribution in [2.75, 3.05) is 13.6 Å². The van der Waals surface area contributed by atoms with Gasteiger partial charge in [0, 0.05) is 12.2 Å². The fraction of sp³-hybridized carbons (Fsp3) is 0.667. The molecule has 0 radical (unpaired) electrons. The van der Waals surface area contributed by atoms with Gasteiger partial charge in [-0.05, 0) is 50.3 Å². The average molecular weight is 248 g/mol. The minimum Gasteiger partial charge on any atom is -0.359 e. The van der Waals surface area contributed by atoms with E-state index >= 15 is 0 Å². The molecule has 2 rings (SSSR count). The third kappa shape index (κ3) is 3.22. The zero-order valence-corrected chi connectivity index (χ0v) is 11.7. The Hall–Kier alpha value is -1.09. The summed E-state index contributed by atoms with van der Waals surface area (Å²) in [5.74, 6) is 0.187. The zero-order valence-electron chi connectivity index (χ0n) is 11.7. The molecule has 0 bridgehead atoms. The minimum absolute atomic E-state index is 0.187. The molecule has 0 aromatic carbocycles. The zero-order chi connectivity index (χ0) is 13.2. The molecule has 1 saturated carbocycles. The number of nitrogens with zero attached hydrogens (tertiary/aromatic N) is 1. The van der Waals surface area contributed by atoms with Crippen molar-refractivity contribution in [3.8, 4) is 0 Å². The van der Waals surface area contributed by atoms with E-state index in [4.69, 9.17) is 0 Å². The van der Waals surface area contributed by atoms with Gasteiger partial charge in [-0.1, -0.05) is 13.8 Å². The van der Waals surface area contributed by atoms with Crippen LogP contribution in [0.2, 0.25) is 0 Å². The van der Waals surface area contributed by atoms with E-state index in [1.807, 2.05) is 12.1 Å². The van der Waals surface area contributed by atoms with Gasteiger partial charge in [0.25, 0.3) is 0 Å². The van der Waals surface area contributed by atoms with Crippen LogP contribution in [0.4, 0.5) is 0 Å². The molecule has 1 aliphatic rings. The van der Waals surface area contributed by atoms with Crippen molar-refractivity contribution in [3.63, 3.8) is 0 Å². The van der Waals surface area contributed by atoms with E-state index in [1.165, 1.54) is 25.7 Å². The fourth-order valence-corrected chi connectivity index (χ4v) is 2.77. The molecule has 0 aliphatic heterocycles. The van der Waals surface area contributed by atoms with Gasteiger partial charge in [0.15, 0.2) is 5.78 Å². The Bertz CT molecular complexity index is 385. The topological polar surface area (TPSA) is 36.1 Å². The van der Waals surface area contributed by atoms with Crippen LogP contribution in [0, 0.1) is 5.41 Å². The van der Waals surface area contributed by atoms with Crippen LogP contribution in [0.15, 0.2) is 18.3 Å². The van der Waals surface area contributed by atoms with Crippen molar-refractivity contribution >= 4 is 5.78 Å². The molecule has 1 heterocycles. The number of hydrogen-bond donors (Lipinski definition) is 1. The summed E-state index contributed by atoms with van der Waals surface area (Å²) in [5, 5.41) is 0. The summed E-state index contributed by atoms with van der Waals surface area (Å²) in [5.41, 5.74) is 1.21. The molecule has 0 atom stereocenters. The second-order valence-electron chi connectivity index (χ2n) is 6.32. The maximum absolute atomic E-state index is 12.0. The van der Waals surface area contributed by atoms with Crippen LogP contribution in [-0.4, -0.2) is 35.3 Å². The smallest absolute Gasteiger partial charge is 0.192 e. The number of hydrogen-bond acceptors (Lipinski definition) is 2. The largest absolute Gasteiger partial charge is 0.359 e. The standard InChI is InChI=1S/C15H24N2O/c1-15(2)8-6-12(7-9-15)17(3)11-14(18)13-5-4-10-16-13/h4-5,10,12,16H,6-9,11H2,1-3H3. The number of rotatable bonds is 4. The SMILES string of the molecule is CN(CC(=O)c1ccc[nH]1)C1CCC(C)(C)CC1. The summed E-state index contributed by atoms with van der Waals surface area (Å²) in [4.78, 5) is 17.2. The molecule has 1 fully saturated rings. The van der Waals surface area contributed by atoms with Crippen LogP contribution in [0.1, 0.15) is 50.0 Å². The van der Waals surface area contributed by atoms with Crippen LogP contribution in [0.25, 0.3) is 0 Å². The van der Waals surface area contributed by atoms with E-state index in [1.54, 1.807) is 6.20 Å². The first-order valence-corrected chi connectivity index (χ1v) is 6.85. The van der Waals surface area contributed by atoms with Crippen molar-refractivity contribution in [2.45, 2.75) is 45.6 Å². The average Bonchev–Trinajstić information content (AvgIpc) is 2.82. The van der Waals surface area contributed by atoms with Gasteiger partial charge in [0.05, 0.1) is 12.2 Å². The number of aromatic amines is 1. The highest BCUT2D eigenvalue weighted by Crippen LogP contribution is 2.36. The monoisotopic (exact) mass is 248 g/mol. The van der Waals surface area contributed by atoms with Crippen molar-refractivity contribution in [1.29, 1.82) is 0 Å². The lowest BCUT2D eigenvalue weighted by molar-refractivity contribution is 0.0847. The highest BCUT2D eigenvalue weighted by molar-refractivity contribution is 5.95. The Balaban J connectivity index is 1.85. The number of carbonyl (C=O) groups excluding carboxylic acids is 1. The Morgan fingerprint density at radius 3 is 2.67 bits per heavy atom. The van der Waals surface area contributed by atoms with Gasteiger partial charge in [-0.2, -0.15) is 0 Å². The molecule has 18 heavy (non-hydrogen) atoms. The van der Waals surface area contributed by atoms with Gasteiger partial charge in [0.2, 0.25) is 0 Å². The molecule has 1 aliphatic carbocycles. The number of carbonyl (C=O) groups is 1. The summed E-state index contributed by atoms with van der Waals surface area (Å²) in [6.07, 6.45) is 6.75. The quantitative estimate of drug-likeness (QED) is 0.831. The molecule has 3 nitrogen and oxygen atoms in total. The number of Topliss-reactive ketones (excluding diaryl/α,β-unsaturated/α-hetero) is 1. The summed E-state index contributed by atoms with van der Waals surface area (Å²) in [7, 11) is 2.07. The normalized spacial score (nSPS) is 20.2. The lowest BCUT2D eigenvalue weighted by Gasteiger charge is -2.38.